The van der Waals surface area contributed by atoms with E-state index in [0.29, 0.717) is 25.2 Å². The number of hydrogen-bond acceptors (Lipinski definition) is 3. The number of carboxylic acid groups (broad SMARTS) is 1. The van der Waals surface area contributed by atoms with E-state index in [4.69, 9.17) is 9.47 Å². The molecule has 1 aliphatic carbocycles. The van der Waals surface area contributed by atoms with Crippen LogP contribution >= 0.6 is 0 Å². The van der Waals surface area contributed by atoms with Gasteiger partial charge in [0.15, 0.2) is 0 Å². The molecule has 1 fully saturated rings. The first kappa shape index (κ1) is 13.7. The normalized spacial score (nSPS) is 17.7. The molecule has 4 nitrogen and oxygen atoms in total. The van der Waals surface area contributed by atoms with Crippen LogP contribution < -0.4 is 9.47 Å². The van der Waals surface area contributed by atoms with Gasteiger partial charge in [-0.1, -0.05) is 6.42 Å². The van der Waals surface area contributed by atoms with E-state index in [0.717, 1.165) is 25.0 Å². The van der Waals surface area contributed by atoms with Crippen molar-refractivity contribution in [2.24, 2.45) is 0 Å². The van der Waals surface area contributed by atoms with Crippen molar-refractivity contribution < 1.29 is 19.4 Å². The fourth-order valence-corrected chi connectivity index (χ4v) is 2.48. The van der Waals surface area contributed by atoms with E-state index in [-0.39, 0.29) is 0 Å². The molecule has 0 aliphatic heterocycles. The lowest BCUT2D eigenvalue weighted by molar-refractivity contribution is -0.158. The standard InChI is InChI=1S/C15H20O4/c1-2-18-12-6-8-13(9-7-12)19-15(14(16)17)10-4-3-5-11-15/h6-9H,2-5,10-11H2,1H3,(H,16,17). The third-order valence-corrected chi connectivity index (χ3v) is 3.50. The van der Waals surface area contributed by atoms with Crippen molar-refractivity contribution in [3.05, 3.63) is 24.3 Å². The summed E-state index contributed by atoms with van der Waals surface area (Å²) in [6, 6.07) is 7.14. The number of rotatable bonds is 5. The summed E-state index contributed by atoms with van der Waals surface area (Å²) < 4.78 is 11.1. The number of ether oxygens (including phenoxy) is 2. The van der Waals surface area contributed by atoms with Crippen LogP contribution in [0.25, 0.3) is 0 Å². The molecule has 0 spiro atoms. The van der Waals surface area contributed by atoms with Crippen LogP contribution in [0.2, 0.25) is 0 Å². The fraction of sp³-hybridized carbons (Fsp3) is 0.533. The zero-order valence-corrected chi connectivity index (χ0v) is 11.2. The minimum absolute atomic E-state index is 0.579. The minimum Gasteiger partial charge on any atom is -0.494 e. The molecule has 0 unspecified atom stereocenters. The Labute approximate surface area is 113 Å². The summed E-state index contributed by atoms with van der Waals surface area (Å²) >= 11 is 0. The predicted octanol–water partition coefficient (Wildman–Crippen LogP) is 3.25. The molecule has 4 heteroatoms. The SMILES string of the molecule is CCOc1ccc(OC2(C(=O)O)CCCCC2)cc1. The zero-order chi connectivity index (χ0) is 13.7. The van der Waals surface area contributed by atoms with Crippen LogP contribution in [0.5, 0.6) is 11.5 Å². The smallest absolute Gasteiger partial charge is 0.348 e. The summed E-state index contributed by atoms with van der Waals surface area (Å²) in [5, 5.41) is 9.44. The summed E-state index contributed by atoms with van der Waals surface area (Å²) in [5.74, 6) is 0.497. The molecule has 2 rings (SSSR count). The van der Waals surface area contributed by atoms with Gasteiger partial charge in [-0.2, -0.15) is 0 Å². The Morgan fingerprint density at radius 2 is 1.74 bits per heavy atom. The van der Waals surface area contributed by atoms with E-state index < -0.39 is 11.6 Å². The van der Waals surface area contributed by atoms with Gasteiger partial charge in [0.25, 0.3) is 0 Å². The van der Waals surface area contributed by atoms with Gasteiger partial charge < -0.3 is 14.6 Å². The average Bonchev–Trinajstić information content (AvgIpc) is 2.42. The van der Waals surface area contributed by atoms with E-state index in [1.54, 1.807) is 24.3 Å². The van der Waals surface area contributed by atoms with Gasteiger partial charge in [0, 0.05) is 0 Å². The zero-order valence-electron chi connectivity index (χ0n) is 11.2. The van der Waals surface area contributed by atoms with Gasteiger partial charge in [0.1, 0.15) is 11.5 Å². The second-order valence-electron chi connectivity index (χ2n) is 4.87. The fourth-order valence-electron chi connectivity index (χ4n) is 2.48. The van der Waals surface area contributed by atoms with Crippen LogP contribution in [0, 0.1) is 0 Å². The van der Waals surface area contributed by atoms with Gasteiger partial charge in [-0.15, -0.1) is 0 Å². The van der Waals surface area contributed by atoms with Crippen LogP contribution in [0.3, 0.4) is 0 Å². The molecular weight excluding hydrogens is 244 g/mol. The summed E-state index contributed by atoms with van der Waals surface area (Å²) in [6.45, 7) is 2.53. The van der Waals surface area contributed by atoms with Crippen LogP contribution in [0.4, 0.5) is 0 Å². The third-order valence-electron chi connectivity index (χ3n) is 3.50. The molecule has 1 aromatic carbocycles. The highest BCUT2D eigenvalue weighted by molar-refractivity contribution is 5.78. The van der Waals surface area contributed by atoms with Gasteiger partial charge in [-0.25, -0.2) is 4.79 Å². The van der Waals surface area contributed by atoms with Gasteiger partial charge in [-0.3, -0.25) is 0 Å². The number of aliphatic carboxylic acids is 1. The Hall–Kier alpha value is -1.71. The highest BCUT2D eigenvalue weighted by Gasteiger charge is 2.42. The number of hydrogen-bond donors (Lipinski definition) is 1. The van der Waals surface area contributed by atoms with E-state index in [1.165, 1.54) is 0 Å². The lowest BCUT2D eigenvalue weighted by atomic mass is 9.84. The van der Waals surface area contributed by atoms with Crippen molar-refractivity contribution in [2.75, 3.05) is 6.61 Å². The molecule has 0 bridgehead atoms. The van der Waals surface area contributed by atoms with E-state index in [2.05, 4.69) is 0 Å². The Bertz CT molecular complexity index is 418. The Morgan fingerprint density at radius 3 is 2.26 bits per heavy atom. The van der Waals surface area contributed by atoms with Crippen LogP contribution in [-0.4, -0.2) is 23.3 Å². The summed E-state index contributed by atoms with van der Waals surface area (Å²) in [6.07, 6.45) is 4.05. The molecule has 0 radical (unpaired) electrons. The second-order valence-corrected chi connectivity index (χ2v) is 4.87. The lowest BCUT2D eigenvalue weighted by Gasteiger charge is -2.33. The first-order chi connectivity index (χ1) is 9.16. The minimum atomic E-state index is -1.05. The van der Waals surface area contributed by atoms with Crippen LogP contribution in [0.1, 0.15) is 39.0 Å². The molecule has 19 heavy (non-hydrogen) atoms. The second kappa shape index (κ2) is 5.95. The molecule has 1 aliphatic rings. The van der Waals surface area contributed by atoms with E-state index >= 15 is 0 Å². The maximum Gasteiger partial charge on any atom is 0.348 e. The number of carbonyl (C=O) groups is 1. The Balaban J connectivity index is 2.10. The number of carboxylic acids is 1. The first-order valence-electron chi connectivity index (χ1n) is 6.81. The third kappa shape index (κ3) is 3.19. The van der Waals surface area contributed by atoms with Crippen molar-refractivity contribution >= 4 is 5.97 Å². The highest BCUT2D eigenvalue weighted by Crippen LogP contribution is 2.33. The van der Waals surface area contributed by atoms with Gasteiger partial charge in [0.05, 0.1) is 6.61 Å². The molecule has 1 saturated carbocycles. The molecule has 1 N–H and O–H groups in total. The quantitative estimate of drug-likeness (QED) is 0.887. The molecule has 0 amide bonds. The summed E-state index contributed by atoms with van der Waals surface area (Å²) in [4.78, 5) is 11.5. The van der Waals surface area contributed by atoms with Gasteiger partial charge in [0.2, 0.25) is 5.60 Å². The summed E-state index contributed by atoms with van der Waals surface area (Å²) in [5.41, 5.74) is -1.05. The molecular formula is C15H20O4. The first-order valence-corrected chi connectivity index (χ1v) is 6.81. The molecule has 0 saturated heterocycles. The highest BCUT2D eigenvalue weighted by atomic mass is 16.5. The predicted molar refractivity (Wildman–Crippen MR) is 71.7 cm³/mol. The maximum absolute atomic E-state index is 11.5. The van der Waals surface area contributed by atoms with Crippen molar-refractivity contribution in [1.29, 1.82) is 0 Å². The average molecular weight is 264 g/mol. The van der Waals surface area contributed by atoms with Gasteiger partial charge >= 0.3 is 5.97 Å². The van der Waals surface area contributed by atoms with Gasteiger partial charge in [-0.05, 0) is 56.9 Å². The van der Waals surface area contributed by atoms with Crippen molar-refractivity contribution in [2.45, 2.75) is 44.6 Å². The maximum atomic E-state index is 11.5. The Kier molecular flexibility index (Phi) is 4.30. The lowest BCUT2D eigenvalue weighted by Crippen LogP contribution is -2.46. The van der Waals surface area contributed by atoms with E-state index in [1.807, 2.05) is 6.92 Å². The van der Waals surface area contributed by atoms with Crippen molar-refractivity contribution in [3.63, 3.8) is 0 Å². The number of benzene rings is 1. The van der Waals surface area contributed by atoms with Crippen LogP contribution in [0.15, 0.2) is 24.3 Å². The molecule has 1 aromatic rings. The summed E-state index contributed by atoms with van der Waals surface area (Å²) in [7, 11) is 0. The van der Waals surface area contributed by atoms with Crippen molar-refractivity contribution in [1.82, 2.24) is 0 Å². The molecule has 0 heterocycles. The molecule has 0 aromatic heterocycles. The Morgan fingerprint density at radius 1 is 1.16 bits per heavy atom. The topological polar surface area (TPSA) is 55.8 Å². The largest absolute Gasteiger partial charge is 0.494 e. The van der Waals surface area contributed by atoms with E-state index in [9.17, 15) is 9.90 Å². The van der Waals surface area contributed by atoms with Crippen LogP contribution in [-0.2, 0) is 4.79 Å². The molecule has 104 valence electrons. The molecule has 0 atom stereocenters. The monoisotopic (exact) mass is 264 g/mol. The van der Waals surface area contributed by atoms with Crippen molar-refractivity contribution in [3.8, 4) is 11.5 Å².